The Morgan fingerprint density at radius 2 is 1.94 bits per heavy atom. The quantitative estimate of drug-likeness (QED) is 0.512. The fourth-order valence-corrected chi connectivity index (χ4v) is 2.04. The van der Waals surface area contributed by atoms with Crippen molar-refractivity contribution < 1.29 is 4.74 Å². The van der Waals surface area contributed by atoms with Crippen LogP contribution in [-0.4, -0.2) is 50.8 Å². The van der Waals surface area contributed by atoms with Gasteiger partial charge in [-0.2, -0.15) is 0 Å². The second kappa shape index (κ2) is 10.6. The molecule has 0 radical (unpaired) electrons. The van der Waals surface area contributed by atoms with Crippen molar-refractivity contribution in [3.8, 4) is 11.8 Å². The molecule has 1 aliphatic heterocycles. The lowest BCUT2D eigenvalue weighted by Crippen LogP contribution is -2.36. The van der Waals surface area contributed by atoms with Crippen molar-refractivity contribution >= 4 is 0 Å². The van der Waals surface area contributed by atoms with Crippen molar-refractivity contribution in [1.29, 1.82) is 0 Å². The first-order valence-electron chi connectivity index (χ1n) is 6.84. The standard InChI is InChI=1S/C14H26N2O/c1-2-3-7-13-17-14-9-15-8-12-16-10-5-4-6-11-16/h15H,4-14H2,1H3. The Kier molecular flexibility index (Phi) is 9.03. The lowest BCUT2D eigenvalue weighted by atomic mass is 10.1. The average Bonchev–Trinajstić information content (AvgIpc) is 2.38. The van der Waals surface area contributed by atoms with Gasteiger partial charge in [0, 0.05) is 26.1 Å². The second-order valence-corrected chi connectivity index (χ2v) is 4.44. The molecule has 0 unspecified atom stereocenters. The molecule has 1 aliphatic rings. The molecular weight excluding hydrogens is 212 g/mol. The van der Waals surface area contributed by atoms with Crippen LogP contribution in [0.3, 0.4) is 0 Å². The van der Waals surface area contributed by atoms with Crippen molar-refractivity contribution in [3.63, 3.8) is 0 Å². The molecule has 0 aromatic carbocycles. The first-order chi connectivity index (χ1) is 8.43. The van der Waals surface area contributed by atoms with Crippen molar-refractivity contribution in [2.75, 3.05) is 45.9 Å². The van der Waals surface area contributed by atoms with E-state index in [0.717, 1.165) is 32.7 Å². The van der Waals surface area contributed by atoms with Crippen LogP contribution < -0.4 is 5.32 Å². The zero-order valence-electron chi connectivity index (χ0n) is 11.1. The maximum absolute atomic E-state index is 5.45. The summed E-state index contributed by atoms with van der Waals surface area (Å²) in [6, 6.07) is 0. The zero-order valence-corrected chi connectivity index (χ0v) is 11.1. The van der Waals surface area contributed by atoms with Crippen LogP contribution >= 0.6 is 0 Å². The van der Waals surface area contributed by atoms with Gasteiger partial charge in [0.25, 0.3) is 0 Å². The number of nitrogens with one attached hydrogen (secondary N) is 1. The fraction of sp³-hybridized carbons (Fsp3) is 0.857. The minimum Gasteiger partial charge on any atom is -0.379 e. The van der Waals surface area contributed by atoms with Gasteiger partial charge in [-0.05, 0) is 32.9 Å². The van der Waals surface area contributed by atoms with Crippen molar-refractivity contribution in [1.82, 2.24) is 10.2 Å². The normalized spacial score (nSPS) is 16.5. The largest absolute Gasteiger partial charge is 0.379 e. The van der Waals surface area contributed by atoms with Crippen LogP contribution in [0.5, 0.6) is 0 Å². The van der Waals surface area contributed by atoms with Crippen LogP contribution in [0.15, 0.2) is 0 Å². The van der Waals surface area contributed by atoms with Gasteiger partial charge in [0.1, 0.15) is 0 Å². The van der Waals surface area contributed by atoms with Crippen LogP contribution in [0, 0.1) is 11.8 Å². The molecule has 1 N–H and O–H groups in total. The zero-order chi connectivity index (χ0) is 12.2. The summed E-state index contributed by atoms with van der Waals surface area (Å²) in [5.74, 6) is 5.86. The number of piperidine rings is 1. The van der Waals surface area contributed by atoms with Gasteiger partial charge < -0.3 is 15.0 Å². The summed E-state index contributed by atoms with van der Waals surface area (Å²) < 4.78 is 5.45. The Morgan fingerprint density at radius 3 is 2.71 bits per heavy atom. The molecule has 17 heavy (non-hydrogen) atoms. The third-order valence-corrected chi connectivity index (χ3v) is 3.02. The van der Waals surface area contributed by atoms with Gasteiger partial charge in [0.05, 0.1) is 13.2 Å². The molecule has 1 rings (SSSR count). The van der Waals surface area contributed by atoms with Gasteiger partial charge in [-0.1, -0.05) is 6.42 Å². The molecule has 0 aromatic heterocycles. The molecule has 0 saturated carbocycles. The molecule has 1 fully saturated rings. The van der Waals surface area contributed by atoms with Gasteiger partial charge in [0.15, 0.2) is 0 Å². The smallest absolute Gasteiger partial charge is 0.0591 e. The summed E-state index contributed by atoms with van der Waals surface area (Å²) >= 11 is 0. The summed E-state index contributed by atoms with van der Waals surface area (Å²) in [6.07, 6.45) is 5.02. The highest BCUT2D eigenvalue weighted by Gasteiger charge is 2.08. The molecule has 0 aliphatic carbocycles. The van der Waals surface area contributed by atoms with E-state index in [1.165, 1.54) is 38.9 Å². The van der Waals surface area contributed by atoms with Crippen molar-refractivity contribution in [2.24, 2.45) is 0 Å². The fourth-order valence-electron chi connectivity index (χ4n) is 2.04. The number of nitrogens with zero attached hydrogens (tertiary/aromatic N) is 1. The van der Waals surface area contributed by atoms with Crippen molar-refractivity contribution in [2.45, 2.75) is 32.6 Å². The van der Waals surface area contributed by atoms with Crippen LogP contribution in [0.2, 0.25) is 0 Å². The van der Waals surface area contributed by atoms with E-state index in [2.05, 4.69) is 22.1 Å². The highest BCUT2D eigenvalue weighted by molar-refractivity contribution is 4.94. The number of ether oxygens (including phenoxy) is 1. The van der Waals surface area contributed by atoms with Crippen LogP contribution in [0.25, 0.3) is 0 Å². The van der Waals surface area contributed by atoms with Crippen molar-refractivity contribution in [3.05, 3.63) is 0 Å². The van der Waals surface area contributed by atoms with E-state index in [-0.39, 0.29) is 0 Å². The van der Waals surface area contributed by atoms with Gasteiger partial charge in [0.2, 0.25) is 0 Å². The maximum Gasteiger partial charge on any atom is 0.0591 e. The molecular formula is C14H26N2O. The topological polar surface area (TPSA) is 24.5 Å². The highest BCUT2D eigenvalue weighted by atomic mass is 16.5. The van der Waals surface area contributed by atoms with Crippen LogP contribution in [0.1, 0.15) is 32.6 Å². The Balaban J connectivity index is 1.78. The average molecular weight is 238 g/mol. The molecule has 98 valence electrons. The summed E-state index contributed by atoms with van der Waals surface area (Å²) in [6.45, 7) is 9.21. The van der Waals surface area contributed by atoms with E-state index in [9.17, 15) is 0 Å². The minimum absolute atomic E-state index is 0.759. The van der Waals surface area contributed by atoms with Gasteiger partial charge in [-0.3, -0.25) is 0 Å². The SMILES string of the molecule is CC#CCCOCCNCCN1CCCCC1. The van der Waals surface area contributed by atoms with Gasteiger partial charge in [-0.15, -0.1) is 11.8 Å². The predicted molar refractivity (Wildman–Crippen MR) is 72.0 cm³/mol. The molecule has 3 nitrogen and oxygen atoms in total. The van der Waals surface area contributed by atoms with E-state index in [4.69, 9.17) is 4.74 Å². The van der Waals surface area contributed by atoms with Crippen LogP contribution in [0.4, 0.5) is 0 Å². The molecule has 0 spiro atoms. The second-order valence-electron chi connectivity index (χ2n) is 4.44. The maximum atomic E-state index is 5.45. The molecule has 1 saturated heterocycles. The molecule has 0 bridgehead atoms. The predicted octanol–water partition coefficient (Wildman–Crippen LogP) is 1.49. The van der Waals surface area contributed by atoms with Gasteiger partial charge >= 0.3 is 0 Å². The first kappa shape index (κ1) is 14.5. The minimum atomic E-state index is 0.759. The molecule has 3 heteroatoms. The van der Waals surface area contributed by atoms with Gasteiger partial charge in [-0.25, -0.2) is 0 Å². The number of rotatable bonds is 8. The Bertz CT molecular complexity index is 226. The lowest BCUT2D eigenvalue weighted by molar-refractivity contribution is 0.140. The summed E-state index contributed by atoms with van der Waals surface area (Å²) in [5, 5.41) is 3.42. The number of hydrogen-bond donors (Lipinski definition) is 1. The molecule has 0 amide bonds. The van der Waals surface area contributed by atoms with Crippen LogP contribution in [-0.2, 0) is 4.74 Å². The monoisotopic (exact) mass is 238 g/mol. The van der Waals surface area contributed by atoms with E-state index >= 15 is 0 Å². The molecule has 0 aromatic rings. The molecule has 0 atom stereocenters. The highest BCUT2D eigenvalue weighted by Crippen LogP contribution is 2.06. The third-order valence-electron chi connectivity index (χ3n) is 3.02. The summed E-state index contributed by atoms with van der Waals surface area (Å²) in [4.78, 5) is 2.55. The number of likely N-dealkylation sites (tertiary alicyclic amines) is 1. The summed E-state index contributed by atoms with van der Waals surface area (Å²) in [5.41, 5.74) is 0. The van der Waals surface area contributed by atoms with E-state index in [0.29, 0.717) is 0 Å². The Morgan fingerprint density at radius 1 is 1.12 bits per heavy atom. The number of hydrogen-bond acceptors (Lipinski definition) is 3. The van der Waals surface area contributed by atoms with E-state index in [1.807, 2.05) is 6.92 Å². The van der Waals surface area contributed by atoms with E-state index in [1.54, 1.807) is 0 Å². The Hall–Kier alpha value is -0.560. The Labute approximate surface area is 106 Å². The molecule has 1 heterocycles. The third kappa shape index (κ3) is 8.20. The first-order valence-corrected chi connectivity index (χ1v) is 6.84. The summed E-state index contributed by atoms with van der Waals surface area (Å²) in [7, 11) is 0. The van der Waals surface area contributed by atoms with E-state index < -0.39 is 0 Å². The lowest BCUT2D eigenvalue weighted by Gasteiger charge is -2.26.